The minimum atomic E-state index is 0.0983. The standard InChI is InChI=1S/C15H28O/c1-3-5-6-7-8-9-10-11-12-13-15(4-2)14-16-15/h4H,2-3,5-14H2,1H3. The molecule has 1 unspecified atom stereocenters. The molecule has 1 heteroatoms. The van der Waals surface area contributed by atoms with Gasteiger partial charge in [-0.1, -0.05) is 70.8 Å². The van der Waals surface area contributed by atoms with Crippen LogP contribution < -0.4 is 0 Å². The van der Waals surface area contributed by atoms with Crippen LogP contribution in [0.1, 0.15) is 71.1 Å². The highest BCUT2D eigenvalue weighted by Gasteiger charge is 2.40. The van der Waals surface area contributed by atoms with Gasteiger partial charge in [0.15, 0.2) is 0 Å². The van der Waals surface area contributed by atoms with Gasteiger partial charge < -0.3 is 4.74 Å². The van der Waals surface area contributed by atoms with E-state index in [4.69, 9.17) is 4.74 Å². The average molecular weight is 224 g/mol. The summed E-state index contributed by atoms with van der Waals surface area (Å²) in [5, 5.41) is 0. The Morgan fingerprint density at radius 3 is 1.94 bits per heavy atom. The van der Waals surface area contributed by atoms with Crippen molar-refractivity contribution in [2.24, 2.45) is 0 Å². The molecule has 1 saturated heterocycles. The first kappa shape index (κ1) is 13.8. The van der Waals surface area contributed by atoms with Crippen molar-refractivity contribution in [3.05, 3.63) is 12.7 Å². The summed E-state index contributed by atoms with van der Waals surface area (Å²) in [6.07, 6.45) is 15.7. The van der Waals surface area contributed by atoms with Crippen molar-refractivity contribution in [2.75, 3.05) is 6.61 Å². The van der Waals surface area contributed by atoms with Crippen LogP contribution in [0.3, 0.4) is 0 Å². The lowest BCUT2D eigenvalue weighted by molar-refractivity contribution is 0.328. The van der Waals surface area contributed by atoms with E-state index < -0.39 is 0 Å². The van der Waals surface area contributed by atoms with Gasteiger partial charge in [0.05, 0.1) is 6.61 Å². The molecule has 0 saturated carbocycles. The first-order chi connectivity index (χ1) is 7.83. The third-order valence-corrected chi connectivity index (χ3v) is 3.59. The second-order valence-corrected chi connectivity index (χ2v) is 5.14. The highest BCUT2D eigenvalue weighted by Crippen LogP contribution is 2.33. The molecule has 0 N–H and O–H groups in total. The molecule has 1 aliphatic rings. The summed E-state index contributed by atoms with van der Waals surface area (Å²) in [5.41, 5.74) is 0.0983. The molecule has 0 spiro atoms. The highest BCUT2D eigenvalue weighted by molar-refractivity contribution is 5.06. The summed E-state index contributed by atoms with van der Waals surface area (Å²) in [6.45, 7) is 7.01. The van der Waals surface area contributed by atoms with Gasteiger partial charge in [-0.3, -0.25) is 0 Å². The fraction of sp³-hybridized carbons (Fsp3) is 0.867. The Bertz CT molecular complexity index is 182. The molecular formula is C15H28O. The lowest BCUT2D eigenvalue weighted by Crippen LogP contribution is -2.05. The summed E-state index contributed by atoms with van der Waals surface area (Å²) in [6, 6.07) is 0. The molecule has 0 aromatic rings. The van der Waals surface area contributed by atoms with E-state index >= 15 is 0 Å². The van der Waals surface area contributed by atoms with Crippen LogP contribution in [-0.4, -0.2) is 12.2 Å². The third kappa shape index (κ3) is 5.69. The molecular weight excluding hydrogens is 196 g/mol. The molecule has 0 amide bonds. The Labute approximate surface area is 101 Å². The van der Waals surface area contributed by atoms with Gasteiger partial charge in [0.25, 0.3) is 0 Å². The molecule has 0 aromatic heterocycles. The van der Waals surface area contributed by atoms with Gasteiger partial charge in [-0.15, -0.1) is 6.58 Å². The predicted octanol–water partition coefficient (Wildman–Crippen LogP) is 4.86. The largest absolute Gasteiger partial charge is 0.365 e. The summed E-state index contributed by atoms with van der Waals surface area (Å²) in [4.78, 5) is 0. The van der Waals surface area contributed by atoms with Gasteiger partial charge in [-0.25, -0.2) is 0 Å². The van der Waals surface area contributed by atoms with Crippen LogP contribution >= 0.6 is 0 Å². The quantitative estimate of drug-likeness (QED) is 0.277. The van der Waals surface area contributed by atoms with E-state index in [1.807, 2.05) is 6.08 Å². The number of unbranched alkanes of at least 4 members (excludes halogenated alkanes) is 8. The summed E-state index contributed by atoms with van der Waals surface area (Å²) in [5.74, 6) is 0. The molecule has 1 aliphatic heterocycles. The Balaban J connectivity index is 1.76. The fourth-order valence-corrected chi connectivity index (χ4v) is 2.19. The zero-order chi connectivity index (χ0) is 11.7. The van der Waals surface area contributed by atoms with E-state index in [1.165, 1.54) is 64.2 Å². The normalized spacial score (nSPS) is 23.3. The minimum absolute atomic E-state index is 0.0983. The van der Waals surface area contributed by atoms with Crippen molar-refractivity contribution in [2.45, 2.75) is 76.7 Å². The Hall–Kier alpha value is -0.300. The smallest absolute Gasteiger partial charge is 0.109 e. The van der Waals surface area contributed by atoms with Gasteiger partial charge in [0, 0.05) is 0 Å². The molecule has 1 heterocycles. The van der Waals surface area contributed by atoms with Crippen LogP contribution in [0.2, 0.25) is 0 Å². The molecule has 0 aromatic carbocycles. The van der Waals surface area contributed by atoms with E-state index in [-0.39, 0.29) is 5.60 Å². The third-order valence-electron chi connectivity index (χ3n) is 3.59. The van der Waals surface area contributed by atoms with Gasteiger partial charge in [-0.05, 0) is 6.42 Å². The lowest BCUT2D eigenvalue weighted by atomic mass is 10.0. The van der Waals surface area contributed by atoms with E-state index in [0.29, 0.717) is 0 Å². The van der Waals surface area contributed by atoms with Crippen LogP contribution in [0.5, 0.6) is 0 Å². The summed E-state index contributed by atoms with van der Waals surface area (Å²) < 4.78 is 5.40. The SMILES string of the molecule is C=CC1(CCCCCCCCCCC)CO1. The van der Waals surface area contributed by atoms with Crippen molar-refractivity contribution in [1.82, 2.24) is 0 Å². The summed E-state index contributed by atoms with van der Waals surface area (Å²) in [7, 11) is 0. The van der Waals surface area contributed by atoms with Crippen LogP contribution in [-0.2, 0) is 4.74 Å². The second-order valence-electron chi connectivity index (χ2n) is 5.14. The van der Waals surface area contributed by atoms with E-state index in [1.54, 1.807) is 0 Å². The number of epoxide rings is 1. The van der Waals surface area contributed by atoms with E-state index in [2.05, 4.69) is 13.5 Å². The molecule has 1 atom stereocenters. The summed E-state index contributed by atoms with van der Waals surface area (Å²) >= 11 is 0. The van der Waals surface area contributed by atoms with Crippen LogP contribution in [0.15, 0.2) is 12.7 Å². The monoisotopic (exact) mass is 224 g/mol. The van der Waals surface area contributed by atoms with Crippen molar-refractivity contribution < 1.29 is 4.74 Å². The molecule has 0 radical (unpaired) electrons. The molecule has 1 fully saturated rings. The maximum Gasteiger partial charge on any atom is 0.109 e. The van der Waals surface area contributed by atoms with Crippen molar-refractivity contribution in [3.8, 4) is 0 Å². The number of rotatable bonds is 11. The van der Waals surface area contributed by atoms with Gasteiger partial charge in [-0.2, -0.15) is 0 Å². The second kappa shape index (κ2) is 7.89. The number of hydrogen-bond acceptors (Lipinski definition) is 1. The minimum Gasteiger partial charge on any atom is -0.365 e. The van der Waals surface area contributed by atoms with E-state index in [9.17, 15) is 0 Å². The van der Waals surface area contributed by atoms with Crippen molar-refractivity contribution >= 4 is 0 Å². The van der Waals surface area contributed by atoms with Crippen LogP contribution in [0.4, 0.5) is 0 Å². The zero-order valence-electron chi connectivity index (χ0n) is 11.0. The first-order valence-electron chi connectivity index (χ1n) is 7.10. The molecule has 16 heavy (non-hydrogen) atoms. The fourth-order valence-electron chi connectivity index (χ4n) is 2.19. The van der Waals surface area contributed by atoms with Gasteiger partial charge in [0.1, 0.15) is 5.60 Å². The number of hydrogen-bond donors (Lipinski definition) is 0. The maximum atomic E-state index is 5.40. The Morgan fingerprint density at radius 1 is 1.00 bits per heavy atom. The van der Waals surface area contributed by atoms with Crippen LogP contribution in [0, 0.1) is 0 Å². The molecule has 0 bridgehead atoms. The highest BCUT2D eigenvalue weighted by atomic mass is 16.6. The predicted molar refractivity (Wildman–Crippen MR) is 70.7 cm³/mol. The van der Waals surface area contributed by atoms with Crippen LogP contribution in [0.25, 0.3) is 0 Å². The molecule has 1 nitrogen and oxygen atoms in total. The Kier molecular flexibility index (Phi) is 6.79. The van der Waals surface area contributed by atoms with E-state index in [0.717, 1.165) is 6.61 Å². The Morgan fingerprint density at radius 2 is 1.50 bits per heavy atom. The van der Waals surface area contributed by atoms with Crippen molar-refractivity contribution in [3.63, 3.8) is 0 Å². The molecule has 1 rings (SSSR count). The zero-order valence-corrected chi connectivity index (χ0v) is 11.0. The molecule has 0 aliphatic carbocycles. The molecule has 94 valence electrons. The number of ether oxygens (including phenoxy) is 1. The van der Waals surface area contributed by atoms with Gasteiger partial charge >= 0.3 is 0 Å². The van der Waals surface area contributed by atoms with Gasteiger partial charge in [0.2, 0.25) is 0 Å². The topological polar surface area (TPSA) is 12.5 Å². The van der Waals surface area contributed by atoms with Crippen molar-refractivity contribution in [1.29, 1.82) is 0 Å². The average Bonchev–Trinajstić information content (AvgIpc) is 3.08. The maximum absolute atomic E-state index is 5.40. The first-order valence-corrected chi connectivity index (χ1v) is 7.10. The lowest BCUT2D eigenvalue weighted by Gasteiger charge is -2.05.